The Balaban J connectivity index is 4.73. The number of aliphatic carboxylic acids is 3. The molecule has 0 aromatic rings. The van der Waals surface area contributed by atoms with Crippen molar-refractivity contribution in [2.24, 2.45) is 17.8 Å². The molecule has 0 aliphatic heterocycles. The third kappa shape index (κ3) is 18.6. The van der Waals surface area contributed by atoms with E-state index in [-0.39, 0.29) is 0 Å². The Morgan fingerprint density at radius 3 is 1.00 bits per heavy atom. The van der Waals surface area contributed by atoms with Gasteiger partial charge >= 0.3 is 17.9 Å². The molecule has 0 aliphatic rings. The second-order valence-electron chi connectivity index (χ2n) is 11.9. The van der Waals surface area contributed by atoms with Crippen molar-refractivity contribution in [2.45, 2.75) is 137 Å². The molecule has 3 unspecified atom stereocenters. The van der Waals surface area contributed by atoms with Crippen LogP contribution >= 0.6 is 0 Å². The molecule has 3 N–H and O–H groups in total. The number of carbonyl (C=O) groups is 3. The molecule has 0 saturated heterocycles. The van der Waals surface area contributed by atoms with Gasteiger partial charge in [-0.05, 0) is 12.8 Å². The highest BCUT2D eigenvalue weighted by Gasteiger charge is 2.31. The number of unbranched alkanes of at least 4 members (excludes halogenated alkanes) is 13. The van der Waals surface area contributed by atoms with Gasteiger partial charge in [0.05, 0.1) is 43.9 Å². The Morgan fingerprint density at radius 2 is 0.737 bits per heavy atom. The van der Waals surface area contributed by atoms with Gasteiger partial charge in [-0.3, -0.25) is 14.4 Å². The average molecular weight is 543 g/mol. The molecular formula is C31H60NO6+. The molecular weight excluding hydrogens is 482 g/mol. The van der Waals surface area contributed by atoms with Gasteiger partial charge in [0.1, 0.15) is 0 Å². The third-order valence-corrected chi connectivity index (χ3v) is 8.36. The van der Waals surface area contributed by atoms with E-state index in [9.17, 15) is 29.7 Å². The number of hydrogen-bond acceptors (Lipinski definition) is 3. The van der Waals surface area contributed by atoms with E-state index in [0.717, 1.165) is 19.4 Å². The monoisotopic (exact) mass is 542 g/mol. The lowest BCUT2D eigenvalue weighted by Crippen LogP contribution is -2.52. The first-order valence-electron chi connectivity index (χ1n) is 15.6. The Bertz CT molecular complexity index is 578. The van der Waals surface area contributed by atoms with Crippen LogP contribution in [0.5, 0.6) is 0 Å². The highest BCUT2D eigenvalue weighted by atomic mass is 16.4. The molecule has 0 aromatic heterocycles. The van der Waals surface area contributed by atoms with Crippen LogP contribution in [0.15, 0.2) is 0 Å². The minimum atomic E-state index is -0.822. The van der Waals surface area contributed by atoms with Gasteiger partial charge in [0.15, 0.2) is 0 Å². The predicted octanol–water partition coefficient (Wildman–Crippen LogP) is 7.62. The molecule has 7 nitrogen and oxygen atoms in total. The topological polar surface area (TPSA) is 112 Å². The van der Waals surface area contributed by atoms with Crippen molar-refractivity contribution in [1.82, 2.24) is 0 Å². The highest BCUT2D eigenvalue weighted by Crippen LogP contribution is 2.22. The van der Waals surface area contributed by atoms with E-state index in [1.807, 2.05) is 0 Å². The zero-order valence-corrected chi connectivity index (χ0v) is 25.1. The number of nitrogens with zero attached hydrogens (tertiary/aromatic N) is 1. The van der Waals surface area contributed by atoms with E-state index in [0.29, 0.717) is 43.4 Å². The van der Waals surface area contributed by atoms with E-state index < -0.39 is 35.7 Å². The van der Waals surface area contributed by atoms with Gasteiger partial charge in [0.2, 0.25) is 0 Å². The lowest BCUT2D eigenvalue weighted by Gasteiger charge is -2.40. The van der Waals surface area contributed by atoms with Crippen LogP contribution in [0.25, 0.3) is 0 Å². The van der Waals surface area contributed by atoms with Gasteiger partial charge in [0.25, 0.3) is 0 Å². The van der Waals surface area contributed by atoms with E-state index >= 15 is 0 Å². The largest absolute Gasteiger partial charge is 0.481 e. The lowest BCUT2D eigenvalue weighted by atomic mass is 10.0. The van der Waals surface area contributed by atoms with Crippen LogP contribution in [-0.4, -0.2) is 63.9 Å². The summed E-state index contributed by atoms with van der Waals surface area (Å²) in [6.45, 7) is 10.2. The van der Waals surface area contributed by atoms with Gasteiger partial charge < -0.3 is 19.8 Å². The molecule has 0 aliphatic carbocycles. The molecule has 0 saturated carbocycles. The van der Waals surface area contributed by atoms with E-state index in [2.05, 4.69) is 6.92 Å². The molecule has 38 heavy (non-hydrogen) atoms. The summed E-state index contributed by atoms with van der Waals surface area (Å²) in [6.07, 6.45) is 19.5. The summed E-state index contributed by atoms with van der Waals surface area (Å²) in [6, 6.07) is 0. The number of quaternary nitrogens is 1. The summed E-state index contributed by atoms with van der Waals surface area (Å²) < 4.78 is 0.616. The van der Waals surface area contributed by atoms with Gasteiger partial charge in [-0.1, -0.05) is 105 Å². The highest BCUT2D eigenvalue weighted by molar-refractivity contribution is 5.70. The Kier molecular flexibility index (Phi) is 21.3. The molecule has 0 rings (SSSR count). The molecule has 0 aromatic carbocycles. The summed E-state index contributed by atoms with van der Waals surface area (Å²) in [7, 11) is 0. The molecule has 0 fully saturated rings. The zero-order valence-electron chi connectivity index (χ0n) is 25.1. The van der Waals surface area contributed by atoms with Gasteiger partial charge in [0, 0.05) is 19.3 Å². The second kappa shape index (κ2) is 22.2. The van der Waals surface area contributed by atoms with Crippen molar-refractivity contribution in [2.75, 3.05) is 26.2 Å². The van der Waals surface area contributed by atoms with Crippen molar-refractivity contribution in [3.05, 3.63) is 0 Å². The Labute approximate surface area is 233 Å². The van der Waals surface area contributed by atoms with Crippen LogP contribution < -0.4 is 0 Å². The summed E-state index contributed by atoms with van der Waals surface area (Å²) in [5.74, 6) is -3.89. The van der Waals surface area contributed by atoms with Crippen molar-refractivity contribution >= 4 is 17.9 Å². The van der Waals surface area contributed by atoms with E-state index in [4.69, 9.17) is 0 Å². The quantitative estimate of drug-likeness (QED) is 0.0727. The van der Waals surface area contributed by atoms with E-state index in [1.165, 1.54) is 77.0 Å². The van der Waals surface area contributed by atoms with Crippen LogP contribution in [0, 0.1) is 17.8 Å². The van der Waals surface area contributed by atoms with Crippen LogP contribution in [0.1, 0.15) is 137 Å². The average Bonchev–Trinajstić information content (AvgIpc) is 2.88. The molecule has 0 heterocycles. The third-order valence-electron chi connectivity index (χ3n) is 8.36. The van der Waals surface area contributed by atoms with E-state index in [1.54, 1.807) is 20.8 Å². The first-order valence-corrected chi connectivity index (χ1v) is 15.6. The van der Waals surface area contributed by atoms with Gasteiger partial charge in [-0.2, -0.15) is 0 Å². The molecule has 0 bridgehead atoms. The summed E-state index contributed by atoms with van der Waals surface area (Å²) in [5.41, 5.74) is 0. The van der Waals surface area contributed by atoms with Crippen LogP contribution in [0.3, 0.4) is 0 Å². The van der Waals surface area contributed by atoms with Crippen LogP contribution in [-0.2, 0) is 14.4 Å². The molecule has 3 atom stereocenters. The van der Waals surface area contributed by atoms with Crippen LogP contribution in [0.4, 0.5) is 0 Å². The number of hydrogen-bond donors (Lipinski definition) is 3. The number of carboxylic acids is 3. The number of carboxylic acid groups (broad SMARTS) is 3. The molecule has 0 radical (unpaired) electrons. The first-order chi connectivity index (χ1) is 18.0. The fourth-order valence-corrected chi connectivity index (χ4v) is 5.09. The minimum Gasteiger partial charge on any atom is -0.481 e. The summed E-state index contributed by atoms with van der Waals surface area (Å²) in [5, 5.41) is 28.2. The fraction of sp³-hybridized carbons (Fsp3) is 0.903. The molecule has 224 valence electrons. The molecule has 0 spiro atoms. The lowest BCUT2D eigenvalue weighted by molar-refractivity contribution is -0.929. The fourth-order valence-electron chi connectivity index (χ4n) is 5.09. The van der Waals surface area contributed by atoms with Crippen molar-refractivity contribution in [3.8, 4) is 0 Å². The number of rotatable bonds is 27. The van der Waals surface area contributed by atoms with Gasteiger partial charge in [-0.15, -0.1) is 0 Å². The Hall–Kier alpha value is -1.63. The zero-order chi connectivity index (χ0) is 28.8. The van der Waals surface area contributed by atoms with Crippen LogP contribution in [0.2, 0.25) is 0 Å². The minimum absolute atomic E-state index is 0.474. The smallest absolute Gasteiger partial charge is 0.306 e. The maximum atomic E-state index is 11.5. The standard InChI is InChI=1S/C31H59NO6/c1-5-6-7-8-9-10-11-12-13-14-15-16-17-18-22-32(23-19-26(2)29(33)34,24-20-27(3)30(35)36)25-21-28(4)31(37)38/h26-28H,5-25H2,1-4H3,(H2-,33,34,35,36,37,38)/p+1. The predicted molar refractivity (Wildman–Crippen MR) is 154 cm³/mol. The SMILES string of the molecule is CCCCCCCCCCCCCCCC[N+](CCC(C)C(=O)O)(CCC(C)C(=O)O)CCC(C)C(=O)O. The normalized spacial score (nSPS) is 15.5. The van der Waals surface area contributed by atoms with Crippen molar-refractivity contribution in [1.29, 1.82) is 0 Å². The summed E-state index contributed by atoms with van der Waals surface area (Å²) in [4.78, 5) is 34.4. The van der Waals surface area contributed by atoms with Crippen molar-refractivity contribution < 1.29 is 34.2 Å². The summed E-state index contributed by atoms with van der Waals surface area (Å²) >= 11 is 0. The van der Waals surface area contributed by atoms with Gasteiger partial charge in [-0.25, -0.2) is 0 Å². The Morgan fingerprint density at radius 1 is 0.474 bits per heavy atom. The molecule has 7 heteroatoms. The maximum absolute atomic E-state index is 11.5. The maximum Gasteiger partial charge on any atom is 0.306 e. The molecule has 0 amide bonds. The second-order valence-corrected chi connectivity index (χ2v) is 11.9. The first kappa shape index (κ1) is 36.4. The van der Waals surface area contributed by atoms with Crippen molar-refractivity contribution in [3.63, 3.8) is 0 Å².